The summed E-state index contributed by atoms with van der Waals surface area (Å²) in [4.78, 5) is 21.4. The van der Waals surface area contributed by atoms with E-state index in [1.807, 2.05) is 54.6 Å². The Kier molecular flexibility index (Phi) is 23.2. The zero-order valence-corrected chi connectivity index (χ0v) is 21.8. The van der Waals surface area contributed by atoms with Gasteiger partial charge >= 0.3 is 64.9 Å². The van der Waals surface area contributed by atoms with E-state index in [9.17, 15) is 9.59 Å². The van der Waals surface area contributed by atoms with Crippen LogP contribution in [0.15, 0.2) is 67.8 Å². The summed E-state index contributed by atoms with van der Waals surface area (Å²) in [5.41, 5.74) is 2.92. The fourth-order valence-electron chi connectivity index (χ4n) is 2.07. The minimum atomic E-state index is -0.278. The van der Waals surface area contributed by atoms with Crippen molar-refractivity contribution < 1.29 is 14.5 Å². The number of Topliss-reactive ketones (excluding diaryl/α,β-unsaturated/α-hetero) is 2. The first kappa shape index (κ1) is 32.0. The van der Waals surface area contributed by atoms with Gasteiger partial charge in [0.15, 0.2) is 11.6 Å². The normalized spacial score (nSPS) is 10.2. The van der Waals surface area contributed by atoms with Crippen LogP contribution in [0.2, 0.25) is 0 Å². The summed E-state index contributed by atoms with van der Waals surface area (Å²) in [6.07, 6.45) is 1.65. The average molecular weight is 744 g/mol. The molecule has 0 aliphatic heterocycles. The number of carbonyl (C=O) groups excluding carboxylic acids is 2. The number of benzene rings is 2. The molecule has 0 heterocycles. The van der Waals surface area contributed by atoms with Gasteiger partial charge in [-0.25, -0.2) is 0 Å². The summed E-state index contributed by atoms with van der Waals surface area (Å²) in [6, 6.07) is 17.1. The maximum absolute atomic E-state index is 11.1. The van der Waals surface area contributed by atoms with Crippen LogP contribution in [-0.2, 0) is 11.3 Å². The van der Waals surface area contributed by atoms with E-state index in [1.54, 1.807) is 6.92 Å². The molecule has 1 aliphatic rings. The molecule has 0 radical (unpaired) electrons. The number of rotatable bonds is 1. The summed E-state index contributed by atoms with van der Waals surface area (Å²) in [7, 11) is 0. The molecule has 0 saturated heterocycles. The molecule has 6 heteroatoms. The fraction of sp³-hybridized carbons (Fsp3) is 0.238. The monoisotopic (exact) mass is 744 g/mol. The van der Waals surface area contributed by atoms with Gasteiger partial charge in [0, 0.05) is 17.5 Å². The molecule has 0 saturated carbocycles. The van der Waals surface area contributed by atoms with E-state index in [0.717, 1.165) is 17.5 Å². The summed E-state index contributed by atoms with van der Waals surface area (Å²) in [6.45, 7) is 7.56. The van der Waals surface area contributed by atoms with Crippen LogP contribution in [0, 0.1) is 0 Å². The van der Waals surface area contributed by atoms with Crippen LogP contribution in [0.25, 0.3) is 0 Å². The second-order valence-corrected chi connectivity index (χ2v) is 40.1. The SMILES string of the molecule is C.C.C=C.CC(=O)c1ccccc1.O=C1CCc2ccccc21.[I][V]([I])[I]. The third-order valence-electron chi connectivity index (χ3n) is 3.12. The molecule has 0 spiro atoms. The first-order valence-electron chi connectivity index (χ1n) is 7.36. The van der Waals surface area contributed by atoms with E-state index in [-0.39, 0.29) is 25.6 Å². The van der Waals surface area contributed by atoms with Crippen LogP contribution >= 0.6 is 59.9 Å². The molecular weight excluding hydrogens is 716 g/mol. The van der Waals surface area contributed by atoms with E-state index in [0.29, 0.717) is 12.2 Å². The molecule has 0 amide bonds. The molecule has 0 atom stereocenters. The van der Waals surface area contributed by atoms with Crippen molar-refractivity contribution in [1.82, 2.24) is 0 Å². The Hall–Kier alpha value is 0.294. The number of ketones is 2. The maximum atomic E-state index is 11.1. The molecule has 0 bridgehead atoms. The van der Waals surface area contributed by atoms with E-state index in [1.165, 1.54) is 5.56 Å². The van der Waals surface area contributed by atoms with Crippen molar-refractivity contribution in [2.75, 3.05) is 0 Å². The Morgan fingerprint density at radius 1 is 0.889 bits per heavy atom. The first-order valence-corrected chi connectivity index (χ1v) is 20.9. The number of hydrogen-bond donors (Lipinski definition) is 0. The Labute approximate surface area is 202 Å². The number of halogens is 3. The summed E-state index contributed by atoms with van der Waals surface area (Å²) in [5.74, 6) is 0.422. The van der Waals surface area contributed by atoms with Crippen molar-refractivity contribution in [3.8, 4) is 0 Å². The molecule has 27 heavy (non-hydrogen) atoms. The molecule has 2 aromatic carbocycles. The molecule has 0 N–H and O–H groups in total. The van der Waals surface area contributed by atoms with Crippen molar-refractivity contribution in [1.29, 1.82) is 0 Å². The van der Waals surface area contributed by atoms with Crippen molar-refractivity contribution >= 4 is 71.5 Å². The number of carbonyl (C=O) groups is 2. The topological polar surface area (TPSA) is 34.1 Å². The fourth-order valence-corrected chi connectivity index (χ4v) is 2.07. The summed E-state index contributed by atoms with van der Waals surface area (Å²) < 4.78 is 0. The van der Waals surface area contributed by atoms with Crippen molar-refractivity contribution in [3.63, 3.8) is 0 Å². The predicted molar refractivity (Wildman–Crippen MR) is 142 cm³/mol. The van der Waals surface area contributed by atoms with Gasteiger partial charge in [0.2, 0.25) is 0 Å². The minimum absolute atomic E-state index is 0. The standard InChI is InChI=1S/C9H8O.C8H8O.C2H4.2CH4.3HI.V/c10-9-6-5-7-3-1-2-4-8(7)9;1-7(9)8-5-3-2-4-6-8;1-2;;;;;;/h1-4H,5-6H2;2-6H,1H3;1-2H2;2*1H4;3*1H;/q;;;;;;;;+3/p-3. The average Bonchev–Trinajstić information content (AvgIpc) is 2.99. The molecule has 0 aromatic heterocycles. The molecule has 0 unspecified atom stereocenters. The van der Waals surface area contributed by atoms with Crippen LogP contribution in [0.5, 0.6) is 0 Å². The van der Waals surface area contributed by atoms with Gasteiger partial charge < -0.3 is 0 Å². The molecule has 1 aliphatic carbocycles. The molecular formula is C21H28I3O2V. The zero-order valence-electron chi connectivity index (χ0n) is 13.9. The van der Waals surface area contributed by atoms with E-state index in [4.69, 9.17) is 0 Å². The summed E-state index contributed by atoms with van der Waals surface area (Å²) >= 11 is 7.39. The van der Waals surface area contributed by atoms with Gasteiger partial charge in [-0.1, -0.05) is 69.5 Å². The Balaban J connectivity index is -0.000000316. The van der Waals surface area contributed by atoms with E-state index >= 15 is 0 Å². The molecule has 2 aromatic rings. The van der Waals surface area contributed by atoms with Gasteiger partial charge in [0.1, 0.15) is 0 Å². The van der Waals surface area contributed by atoms with Crippen molar-refractivity contribution in [2.24, 2.45) is 0 Å². The van der Waals surface area contributed by atoms with Crippen molar-refractivity contribution in [2.45, 2.75) is 34.6 Å². The van der Waals surface area contributed by atoms with Crippen LogP contribution in [-0.4, -0.2) is 11.6 Å². The van der Waals surface area contributed by atoms with Crippen LogP contribution in [0.1, 0.15) is 54.5 Å². The first-order chi connectivity index (χ1) is 11.9. The number of hydrogen-bond acceptors (Lipinski definition) is 2. The van der Waals surface area contributed by atoms with Crippen LogP contribution in [0.3, 0.4) is 0 Å². The van der Waals surface area contributed by atoms with Crippen LogP contribution in [0.4, 0.5) is 0 Å². The van der Waals surface area contributed by atoms with Gasteiger partial charge in [0.05, 0.1) is 0 Å². The molecule has 0 fully saturated rings. The third-order valence-corrected chi connectivity index (χ3v) is 3.12. The summed E-state index contributed by atoms with van der Waals surface area (Å²) in [5, 5.41) is 0. The van der Waals surface area contributed by atoms with Gasteiger partial charge in [-0.2, -0.15) is 0 Å². The molecule has 2 nitrogen and oxygen atoms in total. The Bertz CT molecular complexity index is 659. The Morgan fingerprint density at radius 2 is 1.33 bits per heavy atom. The number of fused-ring (bicyclic) bond motifs is 1. The second-order valence-electron chi connectivity index (χ2n) is 4.69. The van der Waals surface area contributed by atoms with Gasteiger partial charge in [-0.15, -0.1) is 13.2 Å². The van der Waals surface area contributed by atoms with Gasteiger partial charge in [0.25, 0.3) is 0 Å². The Morgan fingerprint density at radius 3 is 1.74 bits per heavy atom. The van der Waals surface area contributed by atoms with Gasteiger partial charge in [-0.3, -0.25) is 9.59 Å². The second kappa shape index (κ2) is 19.6. The number of aryl methyl sites for hydroxylation is 1. The van der Waals surface area contributed by atoms with E-state index < -0.39 is 0 Å². The molecule has 3 rings (SSSR count). The molecule has 150 valence electrons. The van der Waals surface area contributed by atoms with E-state index in [2.05, 4.69) is 73.1 Å². The van der Waals surface area contributed by atoms with Crippen molar-refractivity contribution in [3.05, 3.63) is 84.4 Å². The zero-order chi connectivity index (χ0) is 19.2. The van der Waals surface area contributed by atoms with Crippen LogP contribution < -0.4 is 0 Å². The third kappa shape index (κ3) is 14.9. The quantitative estimate of drug-likeness (QED) is 0.167. The van der Waals surface area contributed by atoms with Gasteiger partial charge in [-0.05, 0) is 18.9 Å². The predicted octanol–water partition coefficient (Wildman–Crippen LogP) is 8.43.